The Morgan fingerprint density at radius 2 is 2.00 bits per heavy atom. The first-order chi connectivity index (χ1) is 13.3. The van der Waals surface area contributed by atoms with E-state index in [4.69, 9.17) is 14.0 Å². The molecule has 0 N–H and O–H groups in total. The number of halogens is 3. The second-order valence-electron chi connectivity index (χ2n) is 5.47. The van der Waals surface area contributed by atoms with Gasteiger partial charge in [0.05, 0.1) is 23.7 Å². The molecule has 2 aromatic carbocycles. The largest absolute Gasteiger partial charge is 0.496 e. The molecular weight excluding hydrogens is 383 g/mol. The van der Waals surface area contributed by atoms with Gasteiger partial charge in [0, 0.05) is 5.56 Å². The van der Waals surface area contributed by atoms with Crippen LogP contribution in [0.5, 0.6) is 11.5 Å². The number of nitrogens with zero attached hydrogens (tertiary/aromatic N) is 3. The fourth-order valence-corrected chi connectivity index (χ4v) is 2.29. The van der Waals surface area contributed by atoms with Gasteiger partial charge in [0.15, 0.2) is 12.4 Å². The third-order valence-electron chi connectivity index (χ3n) is 3.63. The maximum atomic E-state index is 12.8. The quantitative estimate of drug-likeness (QED) is 0.454. The van der Waals surface area contributed by atoms with E-state index in [9.17, 15) is 23.3 Å². The average molecular weight is 395 g/mol. The van der Waals surface area contributed by atoms with Crippen LogP contribution < -0.4 is 9.47 Å². The molecule has 0 bridgehead atoms. The van der Waals surface area contributed by atoms with Crippen LogP contribution in [0.2, 0.25) is 0 Å². The van der Waals surface area contributed by atoms with E-state index >= 15 is 0 Å². The first kappa shape index (κ1) is 19.1. The Labute approximate surface area is 155 Å². The first-order valence-electron chi connectivity index (χ1n) is 7.73. The van der Waals surface area contributed by atoms with Gasteiger partial charge in [-0.1, -0.05) is 17.3 Å². The van der Waals surface area contributed by atoms with Crippen LogP contribution >= 0.6 is 0 Å². The summed E-state index contributed by atoms with van der Waals surface area (Å²) < 4.78 is 53.6. The molecule has 0 amide bonds. The van der Waals surface area contributed by atoms with Crippen molar-refractivity contribution in [3.05, 3.63) is 64.0 Å². The summed E-state index contributed by atoms with van der Waals surface area (Å²) >= 11 is 0. The second kappa shape index (κ2) is 7.55. The minimum atomic E-state index is -4.50. The van der Waals surface area contributed by atoms with Crippen LogP contribution in [0.4, 0.5) is 18.9 Å². The average Bonchev–Trinajstić information content (AvgIpc) is 3.14. The van der Waals surface area contributed by atoms with Crippen molar-refractivity contribution < 1.29 is 32.1 Å². The highest BCUT2D eigenvalue weighted by Gasteiger charge is 2.30. The Balaban J connectivity index is 1.77. The van der Waals surface area contributed by atoms with E-state index in [1.54, 1.807) is 0 Å². The van der Waals surface area contributed by atoms with E-state index in [1.165, 1.54) is 37.4 Å². The molecule has 0 spiro atoms. The molecular formula is C17H12F3N3O5. The molecule has 1 aromatic heterocycles. The Hall–Kier alpha value is -3.63. The number of hydrogen-bond donors (Lipinski definition) is 0. The number of nitro benzene ring substituents is 1. The van der Waals surface area contributed by atoms with Gasteiger partial charge in [-0.05, 0) is 24.3 Å². The maximum absolute atomic E-state index is 12.8. The number of methoxy groups -OCH3 is 1. The molecule has 11 heteroatoms. The van der Waals surface area contributed by atoms with Gasteiger partial charge in [-0.3, -0.25) is 10.1 Å². The van der Waals surface area contributed by atoms with Gasteiger partial charge in [-0.25, -0.2) is 0 Å². The Morgan fingerprint density at radius 3 is 2.68 bits per heavy atom. The number of ether oxygens (including phenoxy) is 2. The Kier molecular flexibility index (Phi) is 5.16. The summed E-state index contributed by atoms with van der Waals surface area (Å²) in [5, 5.41) is 14.7. The molecule has 0 saturated heterocycles. The van der Waals surface area contributed by atoms with Gasteiger partial charge < -0.3 is 14.0 Å². The predicted molar refractivity (Wildman–Crippen MR) is 88.7 cm³/mol. The highest BCUT2D eigenvalue weighted by atomic mass is 19.4. The summed E-state index contributed by atoms with van der Waals surface area (Å²) in [6.45, 7) is -0.306. The summed E-state index contributed by atoms with van der Waals surface area (Å²) in [5.41, 5.74) is -1.06. The number of aromatic nitrogens is 2. The van der Waals surface area contributed by atoms with Crippen LogP contribution in [0.1, 0.15) is 11.5 Å². The molecule has 0 aliphatic heterocycles. The van der Waals surface area contributed by atoms with Crippen molar-refractivity contribution in [2.75, 3.05) is 7.11 Å². The van der Waals surface area contributed by atoms with Crippen LogP contribution in [0.25, 0.3) is 11.4 Å². The number of hydrogen-bond acceptors (Lipinski definition) is 7. The van der Waals surface area contributed by atoms with Crippen molar-refractivity contribution in [3.8, 4) is 22.9 Å². The van der Waals surface area contributed by atoms with Gasteiger partial charge in [0.25, 0.3) is 5.89 Å². The molecule has 3 aromatic rings. The fraction of sp³-hybridized carbons (Fsp3) is 0.176. The van der Waals surface area contributed by atoms with E-state index in [0.29, 0.717) is 0 Å². The number of benzene rings is 2. The van der Waals surface area contributed by atoms with Crippen molar-refractivity contribution in [1.82, 2.24) is 10.1 Å². The third-order valence-corrected chi connectivity index (χ3v) is 3.63. The van der Waals surface area contributed by atoms with E-state index in [-0.39, 0.29) is 41.1 Å². The minimum absolute atomic E-state index is 0.0513. The van der Waals surface area contributed by atoms with Crippen LogP contribution in [0, 0.1) is 10.1 Å². The van der Waals surface area contributed by atoms with Crippen molar-refractivity contribution in [3.63, 3.8) is 0 Å². The van der Waals surface area contributed by atoms with Crippen molar-refractivity contribution >= 4 is 5.69 Å². The van der Waals surface area contributed by atoms with Crippen LogP contribution in [0.15, 0.2) is 47.0 Å². The number of alkyl halides is 3. The molecule has 0 aliphatic carbocycles. The fourth-order valence-electron chi connectivity index (χ4n) is 2.29. The van der Waals surface area contributed by atoms with E-state index in [2.05, 4.69) is 10.1 Å². The van der Waals surface area contributed by atoms with Gasteiger partial charge in [0.1, 0.15) is 5.75 Å². The normalized spacial score (nSPS) is 11.3. The second-order valence-corrected chi connectivity index (χ2v) is 5.47. The predicted octanol–water partition coefficient (Wildman–Crippen LogP) is 4.25. The topological polar surface area (TPSA) is 101 Å². The molecule has 0 radical (unpaired) electrons. The zero-order chi connectivity index (χ0) is 20.3. The SMILES string of the molecule is COc1ccc(OCc2nc(-c3cccc(C(F)(F)F)c3)no2)c([N+](=O)[O-])c1. The monoisotopic (exact) mass is 395 g/mol. The summed E-state index contributed by atoms with van der Waals surface area (Å²) in [4.78, 5) is 14.5. The molecule has 3 rings (SSSR count). The van der Waals surface area contributed by atoms with Crippen LogP contribution in [-0.4, -0.2) is 22.2 Å². The van der Waals surface area contributed by atoms with Crippen molar-refractivity contribution in [2.24, 2.45) is 0 Å². The first-order valence-corrected chi connectivity index (χ1v) is 7.73. The summed E-state index contributed by atoms with van der Waals surface area (Å²) in [6.07, 6.45) is -4.50. The molecule has 146 valence electrons. The lowest BCUT2D eigenvalue weighted by Gasteiger charge is -2.06. The third kappa shape index (κ3) is 4.19. The highest BCUT2D eigenvalue weighted by molar-refractivity contribution is 5.56. The van der Waals surface area contributed by atoms with Crippen molar-refractivity contribution in [1.29, 1.82) is 0 Å². The van der Waals surface area contributed by atoms with Crippen LogP contribution in [-0.2, 0) is 12.8 Å². The van der Waals surface area contributed by atoms with E-state index in [1.807, 2.05) is 0 Å². The van der Waals surface area contributed by atoms with Crippen molar-refractivity contribution in [2.45, 2.75) is 12.8 Å². The summed E-state index contributed by atoms with van der Waals surface area (Å²) in [7, 11) is 1.37. The highest BCUT2D eigenvalue weighted by Crippen LogP contribution is 2.33. The lowest BCUT2D eigenvalue weighted by molar-refractivity contribution is -0.386. The number of nitro groups is 1. The van der Waals surface area contributed by atoms with E-state index < -0.39 is 16.7 Å². The van der Waals surface area contributed by atoms with Crippen LogP contribution in [0.3, 0.4) is 0 Å². The van der Waals surface area contributed by atoms with Gasteiger partial charge in [-0.15, -0.1) is 0 Å². The zero-order valence-electron chi connectivity index (χ0n) is 14.3. The van der Waals surface area contributed by atoms with Gasteiger partial charge >= 0.3 is 11.9 Å². The Morgan fingerprint density at radius 1 is 1.21 bits per heavy atom. The molecule has 0 fully saturated rings. The lowest BCUT2D eigenvalue weighted by Crippen LogP contribution is -2.04. The van der Waals surface area contributed by atoms with Gasteiger partial charge in [0.2, 0.25) is 5.82 Å². The standard InChI is InChI=1S/C17H12F3N3O5/c1-26-12-5-6-14(13(8-12)23(24)25)27-9-15-21-16(22-28-15)10-3-2-4-11(7-10)17(18,19)20/h2-8H,9H2,1H3. The molecule has 0 unspecified atom stereocenters. The molecule has 8 nitrogen and oxygen atoms in total. The van der Waals surface area contributed by atoms with E-state index in [0.717, 1.165) is 12.1 Å². The molecule has 0 saturated carbocycles. The zero-order valence-corrected chi connectivity index (χ0v) is 14.3. The maximum Gasteiger partial charge on any atom is 0.416 e. The van der Waals surface area contributed by atoms with Gasteiger partial charge in [-0.2, -0.15) is 18.2 Å². The Bertz CT molecular complexity index is 1000. The molecule has 28 heavy (non-hydrogen) atoms. The smallest absolute Gasteiger partial charge is 0.416 e. The summed E-state index contributed by atoms with van der Waals surface area (Å²) in [6, 6.07) is 8.47. The molecule has 0 aliphatic rings. The number of rotatable bonds is 6. The molecule has 1 heterocycles. The summed E-state index contributed by atoms with van der Waals surface area (Å²) in [5.74, 6) is 0.111. The minimum Gasteiger partial charge on any atom is -0.496 e. The lowest BCUT2D eigenvalue weighted by atomic mass is 10.1. The molecule has 0 atom stereocenters.